The van der Waals surface area contributed by atoms with Gasteiger partial charge < -0.3 is 0 Å². The first-order chi connectivity index (χ1) is 7.86. The molecule has 1 unspecified atom stereocenters. The number of benzene rings is 2. The molecule has 1 atom stereocenters. The van der Waals surface area contributed by atoms with Crippen molar-refractivity contribution in [1.29, 1.82) is 0 Å². The SMILES string of the molecule is Fc1ccc(C2CCCS2)c2ccccc12. The molecule has 0 bridgehead atoms. The van der Waals surface area contributed by atoms with Crippen molar-refractivity contribution in [2.24, 2.45) is 0 Å². The first-order valence-electron chi connectivity index (χ1n) is 5.65. The Morgan fingerprint density at radius 1 is 1.06 bits per heavy atom. The molecule has 0 N–H and O–H groups in total. The highest BCUT2D eigenvalue weighted by Gasteiger charge is 2.20. The van der Waals surface area contributed by atoms with Gasteiger partial charge in [-0.15, -0.1) is 0 Å². The minimum Gasteiger partial charge on any atom is -0.206 e. The summed E-state index contributed by atoms with van der Waals surface area (Å²) in [4.78, 5) is 0. The van der Waals surface area contributed by atoms with Crippen LogP contribution in [0.5, 0.6) is 0 Å². The summed E-state index contributed by atoms with van der Waals surface area (Å²) in [7, 11) is 0. The minimum absolute atomic E-state index is 0.109. The lowest BCUT2D eigenvalue weighted by Crippen LogP contribution is -1.92. The van der Waals surface area contributed by atoms with E-state index in [1.54, 1.807) is 6.07 Å². The maximum atomic E-state index is 13.6. The summed E-state index contributed by atoms with van der Waals surface area (Å²) in [5.74, 6) is 1.12. The van der Waals surface area contributed by atoms with E-state index in [1.165, 1.54) is 24.2 Å². The van der Waals surface area contributed by atoms with Gasteiger partial charge in [-0.2, -0.15) is 11.8 Å². The summed E-state index contributed by atoms with van der Waals surface area (Å²) in [5, 5.41) is 2.40. The van der Waals surface area contributed by atoms with E-state index in [2.05, 4.69) is 0 Å². The molecular weight excluding hydrogens is 219 g/mol. The van der Waals surface area contributed by atoms with Crippen LogP contribution in [0.2, 0.25) is 0 Å². The third kappa shape index (κ3) is 1.61. The fourth-order valence-corrected chi connectivity index (χ4v) is 3.73. The molecule has 0 aliphatic carbocycles. The zero-order valence-corrected chi connectivity index (χ0v) is 9.77. The molecule has 0 radical (unpaired) electrons. The molecular formula is C14H13FS. The summed E-state index contributed by atoms with van der Waals surface area (Å²) in [6, 6.07) is 11.4. The summed E-state index contributed by atoms with van der Waals surface area (Å²) in [6.45, 7) is 0. The molecule has 2 aromatic carbocycles. The van der Waals surface area contributed by atoms with Crippen LogP contribution in [0.1, 0.15) is 23.7 Å². The molecule has 0 spiro atoms. The molecule has 1 saturated heterocycles. The Bertz CT molecular complexity index is 515. The van der Waals surface area contributed by atoms with Crippen LogP contribution in [0, 0.1) is 5.82 Å². The van der Waals surface area contributed by atoms with Crippen molar-refractivity contribution in [3.05, 3.63) is 47.8 Å². The van der Waals surface area contributed by atoms with Crippen LogP contribution < -0.4 is 0 Å². The molecule has 3 rings (SSSR count). The third-order valence-corrected chi connectivity index (χ3v) is 4.60. The van der Waals surface area contributed by atoms with Gasteiger partial charge in [-0.05, 0) is 35.6 Å². The number of thioether (sulfide) groups is 1. The molecule has 1 aliphatic heterocycles. The van der Waals surface area contributed by atoms with E-state index in [0.717, 1.165) is 10.8 Å². The van der Waals surface area contributed by atoms with E-state index >= 15 is 0 Å². The first-order valence-corrected chi connectivity index (χ1v) is 6.70. The Morgan fingerprint density at radius 3 is 2.62 bits per heavy atom. The number of hydrogen-bond acceptors (Lipinski definition) is 1. The van der Waals surface area contributed by atoms with Gasteiger partial charge >= 0.3 is 0 Å². The summed E-state index contributed by atoms with van der Waals surface area (Å²) < 4.78 is 13.6. The van der Waals surface area contributed by atoms with Gasteiger partial charge in [0.2, 0.25) is 0 Å². The normalized spacial score (nSPS) is 20.4. The second kappa shape index (κ2) is 4.10. The Hall–Kier alpha value is -1.02. The molecule has 2 aromatic rings. The zero-order valence-electron chi connectivity index (χ0n) is 8.95. The monoisotopic (exact) mass is 232 g/mol. The van der Waals surface area contributed by atoms with Crippen LogP contribution in [0.3, 0.4) is 0 Å². The lowest BCUT2D eigenvalue weighted by molar-refractivity contribution is 0.639. The summed E-state index contributed by atoms with van der Waals surface area (Å²) in [5.41, 5.74) is 1.31. The minimum atomic E-state index is -0.109. The van der Waals surface area contributed by atoms with Gasteiger partial charge in [0.05, 0.1) is 0 Å². The van der Waals surface area contributed by atoms with Crippen molar-refractivity contribution >= 4 is 22.5 Å². The van der Waals surface area contributed by atoms with E-state index < -0.39 is 0 Å². The largest absolute Gasteiger partial charge is 0.206 e. The van der Waals surface area contributed by atoms with Crippen molar-refractivity contribution in [3.63, 3.8) is 0 Å². The first kappa shape index (κ1) is 10.2. The molecule has 1 fully saturated rings. The Balaban J connectivity index is 2.21. The van der Waals surface area contributed by atoms with Crippen LogP contribution in [0.4, 0.5) is 4.39 Å². The zero-order chi connectivity index (χ0) is 11.0. The van der Waals surface area contributed by atoms with Gasteiger partial charge in [0, 0.05) is 10.6 Å². The molecule has 2 heteroatoms. The van der Waals surface area contributed by atoms with Gasteiger partial charge in [-0.1, -0.05) is 30.3 Å². The topological polar surface area (TPSA) is 0 Å². The van der Waals surface area contributed by atoms with E-state index in [-0.39, 0.29) is 5.82 Å². The average molecular weight is 232 g/mol. The van der Waals surface area contributed by atoms with Gasteiger partial charge in [-0.3, -0.25) is 0 Å². The second-order valence-corrected chi connectivity index (χ2v) is 5.49. The van der Waals surface area contributed by atoms with Crippen molar-refractivity contribution < 1.29 is 4.39 Å². The third-order valence-electron chi connectivity index (χ3n) is 3.18. The maximum Gasteiger partial charge on any atom is 0.131 e. The highest BCUT2D eigenvalue weighted by Crippen LogP contribution is 2.42. The van der Waals surface area contributed by atoms with Crippen LogP contribution in [0.25, 0.3) is 10.8 Å². The number of hydrogen-bond donors (Lipinski definition) is 0. The van der Waals surface area contributed by atoms with Gasteiger partial charge in [0.15, 0.2) is 0 Å². The van der Waals surface area contributed by atoms with Crippen molar-refractivity contribution in [2.45, 2.75) is 18.1 Å². The quantitative estimate of drug-likeness (QED) is 0.695. The van der Waals surface area contributed by atoms with E-state index in [0.29, 0.717) is 5.25 Å². The van der Waals surface area contributed by atoms with Crippen LogP contribution in [0.15, 0.2) is 36.4 Å². The molecule has 0 aromatic heterocycles. The van der Waals surface area contributed by atoms with Crippen molar-refractivity contribution in [3.8, 4) is 0 Å². The molecule has 0 amide bonds. The molecule has 1 heterocycles. The summed E-state index contributed by atoms with van der Waals surface area (Å²) in [6.07, 6.45) is 2.50. The molecule has 16 heavy (non-hydrogen) atoms. The highest BCUT2D eigenvalue weighted by molar-refractivity contribution is 7.99. The lowest BCUT2D eigenvalue weighted by atomic mass is 10.00. The van der Waals surface area contributed by atoms with E-state index in [1.807, 2.05) is 42.1 Å². The molecule has 82 valence electrons. The van der Waals surface area contributed by atoms with Crippen LogP contribution in [-0.4, -0.2) is 5.75 Å². The fraction of sp³-hybridized carbons (Fsp3) is 0.286. The fourth-order valence-electron chi connectivity index (χ4n) is 2.39. The van der Waals surface area contributed by atoms with Crippen LogP contribution in [-0.2, 0) is 0 Å². The average Bonchev–Trinajstić information content (AvgIpc) is 2.83. The van der Waals surface area contributed by atoms with Crippen LogP contribution >= 0.6 is 11.8 Å². The Morgan fingerprint density at radius 2 is 1.88 bits per heavy atom. The Kier molecular flexibility index (Phi) is 2.60. The van der Waals surface area contributed by atoms with Gasteiger partial charge in [0.1, 0.15) is 5.82 Å². The molecule has 0 saturated carbocycles. The smallest absolute Gasteiger partial charge is 0.131 e. The van der Waals surface area contributed by atoms with Gasteiger partial charge in [-0.25, -0.2) is 4.39 Å². The molecule has 0 nitrogen and oxygen atoms in total. The Labute approximate surface area is 98.9 Å². The van der Waals surface area contributed by atoms with Crippen molar-refractivity contribution in [2.75, 3.05) is 5.75 Å². The number of rotatable bonds is 1. The lowest BCUT2D eigenvalue weighted by Gasteiger charge is -2.12. The second-order valence-electron chi connectivity index (χ2n) is 4.18. The standard InChI is InChI=1S/C14H13FS/c15-13-8-7-12(14-6-3-9-16-14)10-4-1-2-5-11(10)13/h1-2,4-5,7-8,14H,3,6,9H2. The van der Waals surface area contributed by atoms with E-state index in [9.17, 15) is 4.39 Å². The van der Waals surface area contributed by atoms with Crippen molar-refractivity contribution in [1.82, 2.24) is 0 Å². The maximum absolute atomic E-state index is 13.6. The highest BCUT2D eigenvalue weighted by atomic mass is 32.2. The number of halogens is 1. The predicted octanol–water partition coefficient (Wildman–Crippen LogP) is 4.55. The number of fused-ring (bicyclic) bond motifs is 1. The van der Waals surface area contributed by atoms with Gasteiger partial charge in [0.25, 0.3) is 0 Å². The van der Waals surface area contributed by atoms with E-state index in [4.69, 9.17) is 0 Å². The molecule has 1 aliphatic rings. The summed E-state index contributed by atoms with van der Waals surface area (Å²) >= 11 is 1.99. The predicted molar refractivity (Wildman–Crippen MR) is 68.3 cm³/mol.